The summed E-state index contributed by atoms with van der Waals surface area (Å²) in [6.07, 6.45) is 2.58. The average Bonchev–Trinajstić information content (AvgIpc) is 2.80. The van der Waals surface area contributed by atoms with Gasteiger partial charge in [-0.3, -0.25) is 9.48 Å². The van der Waals surface area contributed by atoms with Gasteiger partial charge in [-0.25, -0.2) is 0 Å². The van der Waals surface area contributed by atoms with Crippen molar-refractivity contribution in [3.63, 3.8) is 0 Å². The third-order valence-electron chi connectivity index (χ3n) is 2.57. The van der Waals surface area contributed by atoms with Crippen LogP contribution in [0.2, 0.25) is 5.02 Å². The van der Waals surface area contributed by atoms with Crippen molar-refractivity contribution in [2.45, 2.75) is 19.9 Å². The minimum absolute atomic E-state index is 0.0432. The summed E-state index contributed by atoms with van der Waals surface area (Å²) in [7, 11) is 0. The number of hydrogen-bond acceptors (Lipinski definition) is 2. The lowest BCUT2D eigenvalue weighted by Gasteiger charge is -2.06. The predicted molar refractivity (Wildman–Crippen MR) is 75.1 cm³/mol. The van der Waals surface area contributed by atoms with Crippen LogP contribution in [0.5, 0.6) is 0 Å². The van der Waals surface area contributed by atoms with Gasteiger partial charge < -0.3 is 0 Å². The van der Waals surface area contributed by atoms with Crippen LogP contribution in [0.4, 0.5) is 0 Å². The van der Waals surface area contributed by atoms with Crippen molar-refractivity contribution >= 4 is 33.3 Å². The van der Waals surface area contributed by atoms with E-state index < -0.39 is 0 Å². The van der Waals surface area contributed by atoms with Crippen LogP contribution in [-0.4, -0.2) is 15.6 Å². The molecular formula is C13H12BrClN2O. The van der Waals surface area contributed by atoms with E-state index in [4.69, 9.17) is 11.6 Å². The van der Waals surface area contributed by atoms with Gasteiger partial charge in [-0.1, -0.05) is 18.5 Å². The Balaban J connectivity index is 2.35. The molecule has 0 aliphatic rings. The number of rotatable bonds is 4. The van der Waals surface area contributed by atoms with Crippen molar-refractivity contribution in [2.24, 2.45) is 0 Å². The number of carbonyl (C=O) groups excluding carboxylic acids is 1. The van der Waals surface area contributed by atoms with Crippen LogP contribution in [0.25, 0.3) is 0 Å². The number of nitrogens with zero attached hydrogens (tertiary/aromatic N) is 2. The summed E-state index contributed by atoms with van der Waals surface area (Å²) in [6, 6.07) is 6.90. The summed E-state index contributed by atoms with van der Waals surface area (Å²) in [5.41, 5.74) is 1.20. The molecule has 0 fully saturated rings. The molecule has 0 N–H and O–H groups in total. The van der Waals surface area contributed by atoms with Gasteiger partial charge >= 0.3 is 0 Å². The first-order valence-electron chi connectivity index (χ1n) is 5.65. The zero-order chi connectivity index (χ0) is 13.1. The van der Waals surface area contributed by atoms with Crippen LogP contribution in [0.3, 0.4) is 0 Å². The van der Waals surface area contributed by atoms with Crippen LogP contribution in [0, 0.1) is 0 Å². The van der Waals surface area contributed by atoms with E-state index in [2.05, 4.69) is 28.0 Å². The summed E-state index contributed by atoms with van der Waals surface area (Å²) in [6.45, 7) is 2.79. The smallest absolute Gasteiger partial charge is 0.211 e. The van der Waals surface area contributed by atoms with E-state index in [9.17, 15) is 4.79 Å². The molecule has 0 amide bonds. The predicted octanol–water partition coefficient (Wildman–Crippen LogP) is 3.94. The van der Waals surface area contributed by atoms with Crippen molar-refractivity contribution in [3.8, 4) is 0 Å². The molecule has 0 spiro atoms. The molecule has 0 saturated heterocycles. The lowest BCUT2D eigenvalue weighted by atomic mass is 10.1. The fourth-order valence-electron chi connectivity index (χ4n) is 1.70. The van der Waals surface area contributed by atoms with Gasteiger partial charge in [-0.2, -0.15) is 5.10 Å². The number of ketones is 1. The van der Waals surface area contributed by atoms with Gasteiger partial charge in [-0.05, 0) is 46.6 Å². The van der Waals surface area contributed by atoms with Crippen molar-refractivity contribution in [1.82, 2.24) is 9.78 Å². The maximum Gasteiger partial charge on any atom is 0.211 e. The van der Waals surface area contributed by atoms with Crippen LogP contribution < -0.4 is 0 Å². The maximum atomic E-state index is 12.3. The van der Waals surface area contributed by atoms with Gasteiger partial charge in [0.15, 0.2) is 0 Å². The third-order valence-corrected chi connectivity index (χ3v) is 3.78. The molecule has 1 heterocycles. The SMILES string of the molecule is CCCn1nccc1C(=O)c1ccc(Cl)c(Br)c1. The van der Waals surface area contributed by atoms with Gasteiger partial charge in [0.2, 0.25) is 5.78 Å². The zero-order valence-electron chi connectivity index (χ0n) is 9.86. The molecule has 0 radical (unpaired) electrons. The van der Waals surface area contributed by atoms with E-state index in [-0.39, 0.29) is 5.78 Å². The van der Waals surface area contributed by atoms with E-state index in [0.717, 1.165) is 17.4 Å². The second kappa shape index (κ2) is 5.67. The Kier molecular flexibility index (Phi) is 4.19. The summed E-state index contributed by atoms with van der Waals surface area (Å²) in [5, 5.41) is 4.74. The van der Waals surface area contributed by atoms with Gasteiger partial charge in [-0.15, -0.1) is 0 Å². The molecule has 18 heavy (non-hydrogen) atoms. The first-order chi connectivity index (χ1) is 8.63. The normalized spacial score (nSPS) is 10.6. The molecule has 0 saturated carbocycles. The first-order valence-corrected chi connectivity index (χ1v) is 6.82. The molecule has 0 aliphatic carbocycles. The average molecular weight is 328 g/mol. The summed E-state index contributed by atoms with van der Waals surface area (Å²) >= 11 is 9.24. The quantitative estimate of drug-likeness (QED) is 0.797. The van der Waals surface area contributed by atoms with Crippen molar-refractivity contribution in [2.75, 3.05) is 0 Å². The largest absolute Gasteiger partial charge is 0.287 e. The second-order valence-electron chi connectivity index (χ2n) is 3.90. The third kappa shape index (κ3) is 2.65. The Bertz CT molecular complexity index is 580. The standard InChI is InChI=1S/C13H12BrClN2O/c1-2-7-17-12(5-6-16-17)13(18)9-3-4-11(15)10(14)8-9/h3-6,8H,2,7H2,1H3. The van der Waals surface area contributed by atoms with Gasteiger partial charge in [0, 0.05) is 22.8 Å². The lowest BCUT2D eigenvalue weighted by molar-refractivity contribution is 0.102. The molecule has 94 valence electrons. The van der Waals surface area contributed by atoms with Crippen LogP contribution in [0.1, 0.15) is 29.4 Å². The highest BCUT2D eigenvalue weighted by atomic mass is 79.9. The van der Waals surface area contributed by atoms with Crippen molar-refractivity contribution < 1.29 is 4.79 Å². The zero-order valence-corrected chi connectivity index (χ0v) is 12.2. The van der Waals surface area contributed by atoms with E-state index in [0.29, 0.717) is 16.3 Å². The molecule has 1 aromatic heterocycles. The molecule has 2 rings (SSSR count). The molecule has 0 unspecified atom stereocenters. The maximum absolute atomic E-state index is 12.3. The molecule has 0 bridgehead atoms. The monoisotopic (exact) mass is 326 g/mol. The highest BCUT2D eigenvalue weighted by molar-refractivity contribution is 9.10. The Morgan fingerprint density at radius 3 is 2.89 bits per heavy atom. The lowest BCUT2D eigenvalue weighted by Crippen LogP contribution is -2.11. The first kappa shape index (κ1) is 13.3. The van der Waals surface area contributed by atoms with Crippen molar-refractivity contribution in [3.05, 3.63) is 51.2 Å². The fraction of sp³-hybridized carbons (Fsp3) is 0.231. The minimum Gasteiger partial charge on any atom is -0.287 e. The van der Waals surface area contributed by atoms with E-state index >= 15 is 0 Å². The number of aryl methyl sites for hydroxylation is 1. The minimum atomic E-state index is -0.0432. The Morgan fingerprint density at radius 1 is 1.44 bits per heavy atom. The fourth-order valence-corrected chi connectivity index (χ4v) is 2.20. The number of halogens is 2. The number of carbonyl (C=O) groups is 1. The van der Waals surface area contributed by atoms with Crippen LogP contribution in [-0.2, 0) is 6.54 Å². The van der Waals surface area contributed by atoms with E-state index in [1.165, 1.54) is 0 Å². The number of hydrogen-bond donors (Lipinski definition) is 0. The topological polar surface area (TPSA) is 34.9 Å². The highest BCUT2D eigenvalue weighted by Crippen LogP contribution is 2.24. The second-order valence-corrected chi connectivity index (χ2v) is 5.16. The molecule has 3 nitrogen and oxygen atoms in total. The molecule has 0 atom stereocenters. The Labute approximate surface area is 119 Å². The molecule has 0 aliphatic heterocycles. The van der Waals surface area contributed by atoms with Crippen molar-refractivity contribution in [1.29, 1.82) is 0 Å². The molecular weight excluding hydrogens is 316 g/mol. The van der Waals surface area contributed by atoms with E-state index in [1.54, 1.807) is 35.1 Å². The number of aromatic nitrogens is 2. The van der Waals surface area contributed by atoms with E-state index in [1.807, 2.05) is 0 Å². The molecule has 5 heteroatoms. The summed E-state index contributed by atoms with van der Waals surface area (Å²) in [5.74, 6) is -0.0432. The molecule has 2 aromatic rings. The Morgan fingerprint density at radius 2 is 2.22 bits per heavy atom. The summed E-state index contributed by atoms with van der Waals surface area (Å²) < 4.78 is 2.45. The molecule has 1 aromatic carbocycles. The van der Waals surface area contributed by atoms with Gasteiger partial charge in [0.05, 0.1) is 5.02 Å². The van der Waals surface area contributed by atoms with Crippen LogP contribution in [0.15, 0.2) is 34.9 Å². The Hall–Kier alpha value is -1.13. The summed E-state index contributed by atoms with van der Waals surface area (Å²) in [4.78, 5) is 12.3. The highest BCUT2D eigenvalue weighted by Gasteiger charge is 2.14. The van der Waals surface area contributed by atoms with Gasteiger partial charge in [0.1, 0.15) is 5.69 Å². The van der Waals surface area contributed by atoms with Gasteiger partial charge in [0.25, 0.3) is 0 Å². The van der Waals surface area contributed by atoms with Crippen LogP contribution >= 0.6 is 27.5 Å². The number of benzene rings is 1.